The van der Waals surface area contributed by atoms with Crippen LogP contribution in [0.4, 0.5) is 14.5 Å². The first-order valence-corrected chi connectivity index (χ1v) is 4.92. The zero-order valence-corrected chi connectivity index (χ0v) is 8.62. The normalized spacial score (nSPS) is 10.5. The molecule has 0 unspecified atom stereocenters. The van der Waals surface area contributed by atoms with Gasteiger partial charge in [-0.15, -0.1) is 0 Å². The first-order valence-electron chi connectivity index (χ1n) is 4.92. The standard InChI is InChI=1S/C11H13F2NO2/c12-10(13)11(16)14-9-5-1-3-8(7-9)4-2-6-15/h1,3,5,7,10,15H,2,4,6H2,(H,14,16). The van der Waals surface area contributed by atoms with Crippen LogP contribution in [0.5, 0.6) is 0 Å². The van der Waals surface area contributed by atoms with Gasteiger partial charge in [0, 0.05) is 12.3 Å². The van der Waals surface area contributed by atoms with Gasteiger partial charge in [0.2, 0.25) is 0 Å². The highest BCUT2D eigenvalue weighted by molar-refractivity contribution is 5.93. The summed E-state index contributed by atoms with van der Waals surface area (Å²) in [5.74, 6) is -1.31. The number of carbonyl (C=O) groups is 1. The molecule has 1 aromatic rings. The number of benzene rings is 1. The van der Waals surface area contributed by atoms with E-state index in [9.17, 15) is 13.6 Å². The summed E-state index contributed by atoms with van der Waals surface area (Å²) in [7, 11) is 0. The zero-order valence-electron chi connectivity index (χ0n) is 8.62. The third-order valence-electron chi connectivity index (χ3n) is 2.02. The molecule has 3 nitrogen and oxygen atoms in total. The molecule has 16 heavy (non-hydrogen) atoms. The fourth-order valence-corrected chi connectivity index (χ4v) is 1.28. The summed E-state index contributed by atoms with van der Waals surface area (Å²) < 4.78 is 23.9. The Morgan fingerprint density at radius 2 is 2.19 bits per heavy atom. The third-order valence-corrected chi connectivity index (χ3v) is 2.02. The molecule has 0 saturated heterocycles. The van der Waals surface area contributed by atoms with E-state index in [1.165, 1.54) is 0 Å². The van der Waals surface area contributed by atoms with Gasteiger partial charge >= 0.3 is 6.43 Å². The molecule has 0 heterocycles. The fourth-order valence-electron chi connectivity index (χ4n) is 1.28. The first-order chi connectivity index (χ1) is 7.63. The molecule has 0 aliphatic rings. The van der Waals surface area contributed by atoms with E-state index in [1.807, 2.05) is 6.07 Å². The molecule has 1 amide bonds. The smallest absolute Gasteiger partial charge is 0.315 e. The molecular formula is C11H13F2NO2. The number of aliphatic hydroxyl groups is 1. The second-order valence-electron chi connectivity index (χ2n) is 3.32. The van der Waals surface area contributed by atoms with Crippen LogP contribution in [0, 0.1) is 0 Å². The van der Waals surface area contributed by atoms with Gasteiger partial charge in [-0.1, -0.05) is 12.1 Å². The molecule has 0 radical (unpaired) electrons. The molecule has 1 rings (SSSR count). The van der Waals surface area contributed by atoms with Gasteiger partial charge in [-0.2, -0.15) is 8.78 Å². The van der Waals surface area contributed by atoms with Crippen LogP contribution in [0.2, 0.25) is 0 Å². The van der Waals surface area contributed by atoms with Crippen molar-refractivity contribution >= 4 is 11.6 Å². The maximum Gasteiger partial charge on any atom is 0.315 e. The Kier molecular flexibility index (Phi) is 4.85. The van der Waals surface area contributed by atoms with Crippen molar-refractivity contribution in [3.05, 3.63) is 29.8 Å². The van der Waals surface area contributed by atoms with E-state index in [0.717, 1.165) is 5.56 Å². The van der Waals surface area contributed by atoms with Gasteiger partial charge in [0.05, 0.1) is 0 Å². The number of anilines is 1. The Labute approximate surface area is 92.1 Å². The number of rotatable bonds is 5. The molecule has 0 aliphatic heterocycles. The first kappa shape index (κ1) is 12.6. The average molecular weight is 229 g/mol. The molecule has 0 atom stereocenters. The van der Waals surface area contributed by atoms with E-state index in [0.29, 0.717) is 18.5 Å². The molecule has 2 N–H and O–H groups in total. The van der Waals surface area contributed by atoms with Crippen molar-refractivity contribution in [2.45, 2.75) is 19.3 Å². The summed E-state index contributed by atoms with van der Waals surface area (Å²) in [5, 5.41) is 10.8. The molecule has 88 valence electrons. The van der Waals surface area contributed by atoms with Crippen molar-refractivity contribution in [1.82, 2.24) is 0 Å². The number of carbonyl (C=O) groups excluding carboxylic acids is 1. The van der Waals surface area contributed by atoms with Crippen molar-refractivity contribution in [3.63, 3.8) is 0 Å². The van der Waals surface area contributed by atoms with Crippen LogP contribution >= 0.6 is 0 Å². The highest BCUT2D eigenvalue weighted by atomic mass is 19.3. The van der Waals surface area contributed by atoms with E-state index in [2.05, 4.69) is 5.32 Å². The summed E-state index contributed by atoms with van der Waals surface area (Å²) in [6, 6.07) is 6.65. The lowest BCUT2D eigenvalue weighted by Gasteiger charge is -2.06. The minimum absolute atomic E-state index is 0.0770. The van der Waals surface area contributed by atoms with E-state index in [1.54, 1.807) is 18.2 Å². The van der Waals surface area contributed by atoms with Gasteiger partial charge in [-0.05, 0) is 30.5 Å². The predicted octanol–water partition coefficient (Wildman–Crippen LogP) is 1.82. The van der Waals surface area contributed by atoms with Crippen molar-refractivity contribution in [1.29, 1.82) is 0 Å². The maximum absolute atomic E-state index is 12.0. The third kappa shape index (κ3) is 3.94. The number of aliphatic hydroxyl groups excluding tert-OH is 1. The number of hydrogen-bond acceptors (Lipinski definition) is 2. The number of hydrogen-bond donors (Lipinski definition) is 2. The van der Waals surface area contributed by atoms with Crippen LogP contribution < -0.4 is 5.32 Å². The summed E-state index contributed by atoms with van der Waals surface area (Å²) in [4.78, 5) is 10.7. The van der Waals surface area contributed by atoms with Crippen LogP contribution in [-0.4, -0.2) is 24.0 Å². The lowest BCUT2D eigenvalue weighted by molar-refractivity contribution is -0.126. The van der Waals surface area contributed by atoms with Gasteiger partial charge in [-0.25, -0.2) is 0 Å². The van der Waals surface area contributed by atoms with Crippen molar-refractivity contribution in [2.24, 2.45) is 0 Å². The molecule has 0 bridgehead atoms. The number of nitrogens with one attached hydrogen (secondary N) is 1. The topological polar surface area (TPSA) is 49.3 Å². The highest BCUT2D eigenvalue weighted by Crippen LogP contribution is 2.13. The van der Waals surface area contributed by atoms with Gasteiger partial charge in [0.25, 0.3) is 5.91 Å². The fraction of sp³-hybridized carbons (Fsp3) is 0.364. The van der Waals surface area contributed by atoms with E-state index in [4.69, 9.17) is 5.11 Å². The summed E-state index contributed by atoms with van der Waals surface area (Å²) in [5.41, 5.74) is 1.24. The van der Waals surface area contributed by atoms with Crippen molar-refractivity contribution in [2.75, 3.05) is 11.9 Å². The van der Waals surface area contributed by atoms with E-state index in [-0.39, 0.29) is 6.61 Å². The minimum Gasteiger partial charge on any atom is -0.396 e. The van der Waals surface area contributed by atoms with Crippen LogP contribution in [0.1, 0.15) is 12.0 Å². The molecule has 0 fully saturated rings. The average Bonchev–Trinajstić information content (AvgIpc) is 2.26. The summed E-state index contributed by atoms with van der Waals surface area (Å²) in [6.45, 7) is 0.0770. The Balaban J connectivity index is 2.63. The van der Waals surface area contributed by atoms with Crippen LogP contribution in [0.25, 0.3) is 0 Å². The van der Waals surface area contributed by atoms with Gasteiger partial charge in [0.1, 0.15) is 0 Å². The number of halogens is 2. The molecule has 5 heteroatoms. The van der Waals surface area contributed by atoms with E-state index < -0.39 is 12.3 Å². The SMILES string of the molecule is O=C(Nc1cccc(CCCO)c1)C(F)F. The quantitative estimate of drug-likeness (QED) is 0.809. The second-order valence-corrected chi connectivity index (χ2v) is 3.32. The number of amides is 1. The number of aryl methyl sites for hydroxylation is 1. The number of alkyl halides is 2. The second kappa shape index (κ2) is 6.17. The Bertz CT molecular complexity index is 356. The monoisotopic (exact) mass is 229 g/mol. The maximum atomic E-state index is 12.0. The molecule has 0 saturated carbocycles. The van der Waals surface area contributed by atoms with Gasteiger partial charge in [0.15, 0.2) is 0 Å². The molecule has 0 aromatic heterocycles. The van der Waals surface area contributed by atoms with Crippen molar-refractivity contribution < 1.29 is 18.7 Å². The Morgan fingerprint density at radius 1 is 1.44 bits per heavy atom. The Hall–Kier alpha value is -1.49. The lowest BCUT2D eigenvalue weighted by Crippen LogP contribution is -2.20. The Morgan fingerprint density at radius 3 is 2.81 bits per heavy atom. The van der Waals surface area contributed by atoms with Crippen LogP contribution in [-0.2, 0) is 11.2 Å². The summed E-state index contributed by atoms with van der Waals surface area (Å²) >= 11 is 0. The predicted molar refractivity (Wildman–Crippen MR) is 56.5 cm³/mol. The lowest BCUT2D eigenvalue weighted by atomic mass is 10.1. The minimum atomic E-state index is -3.01. The van der Waals surface area contributed by atoms with Gasteiger partial charge < -0.3 is 10.4 Å². The van der Waals surface area contributed by atoms with Crippen molar-refractivity contribution in [3.8, 4) is 0 Å². The molecule has 1 aromatic carbocycles. The van der Waals surface area contributed by atoms with E-state index >= 15 is 0 Å². The highest BCUT2D eigenvalue weighted by Gasteiger charge is 2.14. The van der Waals surface area contributed by atoms with Crippen LogP contribution in [0.15, 0.2) is 24.3 Å². The molecular weight excluding hydrogens is 216 g/mol. The summed E-state index contributed by atoms with van der Waals surface area (Å²) in [6.07, 6.45) is -1.76. The molecule has 0 aliphatic carbocycles. The van der Waals surface area contributed by atoms with Gasteiger partial charge in [-0.3, -0.25) is 4.79 Å². The molecule has 0 spiro atoms. The zero-order chi connectivity index (χ0) is 12.0. The largest absolute Gasteiger partial charge is 0.396 e. The van der Waals surface area contributed by atoms with Crippen LogP contribution in [0.3, 0.4) is 0 Å².